The number of hydrogen-bond donors (Lipinski definition) is 0. The van der Waals surface area contributed by atoms with Crippen molar-refractivity contribution in [2.45, 2.75) is 25.2 Å². The van der Waals surface area contributed by atoms with E-state index < -0.39 is 9.84 Å². The van der Waals surface area contributed by atoms with Gasteiger partial charge in [0.05, 0.1) is 15.1 Å². The van der Waals surface area contributed by atoms with E-state index in [9.17, 15) is 13.2 Å². The van der Waals surface area contributed by atoms with Gasteiger partial charge < -0.3 is 4.90 Å². The number of benzene rings is 2. The van der Waals surface area contributed by atoms with Crippen LogP contribution in [0.25, 0.3) is 10.2 Å². The molecular weight excluding hydrogens is 418 g/mol. The van der Waals surface area contributed by atoms with Crippen molar-refractivity contribution in [3.63, 3.8) is 0 Å². The molecule has 3 rings (SSSR count). The van der Waals surface area contributed by atoms with Crippen molar-refractivity contribution in [3.8, 4) is 0 Å². The predicted molar refractivity (Wildman–Crippen MR) is 123 cm³/mol. The molecule has 0 spiro atoms. The first-order valence-corrected chi connectivity index (χ1v) is 12.4. The van der Waals surface area contributed by atoms with Gasteiger partial charge in [-0.05, 0) is 88.4 Å². The molecule has 1 aromatic heterocycles. The van der Waals surface area contributed by atoms with Crippen LogP contribution in [0.3, 0.4) is 0 Å². The lowest BCUT2D eigenvalue weighted by atomic mass is 10.1. The number of amides is 1. The summed E-state index contributed by atoms with van der Waals surface area (Å²) in [5, 5.41) is 0.658. The van der Waals surface area contributed by atoms with E-state index in [1.807, 2.05) is 20.2 Å². The molecule has 1 amide bonds. The van der Waals surface area contributed by atoms with Crippen molar-refractivity contribution >= 4 is 42.4 Å². The van der Waals surface area contributed by atoms with E-state index >= 15 is 0 Å². The minimum Gasteiger partial charge on any atom is -0.309 e. The molecule has 0 N–H and O–H groups in total. The Bertz CT molecular complexity index is 1130. The van der Waals surface area contributed by atoms with Gasteiger partial charge in [-0.3, -0.25) is 9.69 Å². The maximum Gasteiger partial charge on any atom is 0.260 e. The summed E-state index contributed by atoms with van der Waals surface area (Å²) in [6.45, 7) is 5.50. The molecule has 0 bridgehead atoms. The van der Waals surface area contributed by atoms with Crippen LogP contribution in [0.1, 0.15) is 27.9 Å². The molecule has 0 aliphatic rings. The third kappa shape index (κ3) is 5.06. The summed E-state index contributed by atoms with van der Waals surface area (Å²) in [6, 6.07) is 10.2. The van der Waals surface area contributed by atoms with Crippen LogP contribution in [-0.4, -0.2) is 57.6 Å². The first-order chi connectivity index (χ1) is 14.1. The SMILES string of the molecule is Cc1cc2nc(N(CCCN(C)C)C(=O)c3ccc(S(C)(=O)=O)cc3)sc2cc1C. The van der Waals surface area contributed by atoms with Gasteiger partial charge in [0.1, 0.15) is 0 Å². The van der Waals surface area contributed by atoms with E-state index in [4.69, 9.17) is 4.98 Å². The molecule has 3 aromatic rings. The molecule has 0 aliphatic heterocycles. The zero-order valence-corrected chi connectivity index (χ0v) is 19.6. The quantitative estimate of drug-likeness (QED) is 0.551. The number of sulfone groups is 1. The number of fused-ring (bicyclic) bond motifs is 1. The highest BCUT2D eigenvalue weighted by molar-refractivity contribution is 7.90. The number of thiazole rings is 1. The summed E-state index contributed by atoms with van der Waals surface area (Å²) in [5.74, 6) is -0.179. The van der Waals surface area contributed by atoms with E-state index in [1.54, 1.807) is 17.0 Å². The Morgan fingerprint density at radius 1 is 1.03 bits per heavy atom. The van der Waals surface area contributed by atoms with Crippen molar-refractivity contribution in [1.82, 2.24) is 9.88 Å². The third-order valence-electron chi connectivity index (χ3n) is 4.99. The number of hydrogen-bond acceptors (Lipinski definition) is 6. The Labute approximate surface area is 182 Å². The van der Waals surface area contributed by atoms with Crippen LogP contribution < -0.4 is 4.90 Å². The summed E-state index contributed by atoms with van der Waals surface area (Å²) < 4.78 is 24.5. The van der Waals surface area contributed by atoms with E-state index in [-0.39, 0.29) is 10.8 Å². The number of rotatable bonds is 7. The zero-order valence-electron chi connectivity index (χ0n) is 18.0. The van der Waals surface area contributed by atoms with E-state index in [2.05, 4.69) is 24.8 Å². The van der Waals surface area contributed by atoms with E-state index in [0.29, 0.717) is 17.2 Å². The van der Waals surface area contributed by atoms with Gasteiger partial charge in [-0.2, -0.15) is 0 Å². The summed E-state index contributed by atoms with van der Waals surface area (Å²) >= 11 is 1.50. The monoisotopic (exact) mass is 445 g/mol. The number of aryl methyl sites for hydroxylation is 2. The second kappa shape index (κ2) is 8.83. The van der Waals surface area contributed by atoms with Gasteiger partial charge in [0, 0.05) is 18.4 Å². The van der Waals surface area contributed by atoms with Crippen LogP contribution in [0.15, 0.2) is 41.3 Å². The van der Waals surface area contributed by atoms with Crippen molar-refractivity contribution in [2.24, 2.45) is 0 Å². The molecule has 160 valence electrons. The molecular formula is C22H27N3O3S2. The molecule has 30 heavy (non-hydrogen) atoms. The first kappa shape index (κ1) is 22.4. The van der Waals surface area contributed by atoms with Crippen LogP contribution >= 0.6 is 11.3 Å². The van der Waals surface area contributed by atoms with Gasteiger partial charge in [-0.25, -0.2) is 13.4 Å². The molecule has 0 radical (unpaired) electrons. The largest absolute Gasteiger partial charge is 0.309 e. The Hall–Kier alpha value is -2.29. The molecule has 0 aliphatic carbocycles. The average molecular weight is 446 g/mol. The fourth-order valence-corrected chi connectivity index (χ4v) is 4.81. The molecule has 6 nitrogen and oxygen atoms in total. The van der Waals surface area contributed by atoms with Gasteiger partial charge in [-0.15, -0.1) is 0 Å². The van der Waals surface area contributed by atoms with Crippen LogP contribution in [0.2, 0.25) is 0 Å². The molecule has 0 fully saturated rings. The molecule has 2 aromatic carbocycles. The Balaban J connectivity index is 1.96. The first-order valence-electron chi connectivity index (χ1n) is 9.71. The van der Waals surface area contributed by atoms with Crippen molar-refractivity contribution in [3.05, 3.63) is 53.1 Å². The minimum absolute atomic E-state index is 0.179. The van der Waals surface area contributed by atoms with Gasteiger partial charge in [0.25, 0.3) is 5.91 Å². The summed E-state index contributed by atoms with van der Waals surface area (Å²) in [4.78, 5) is 22.0. The Morgan fingerprint density at radius 3 is 2.27 bits per heavy atom. The number of carbonyl (C=O) groups is 1. The number of carbonyl (C=O) groups excluding carboxylic acids is 1. The molecule has 8 heteroatoms. The van der Waals surface area contributed by atoms with Crippen molar-refractivity contribution < 1.29 is 13.2 Å². The summed E-state index contributed by atoms with van der Waals surface area (Å²) in [6.07, 6.45) is 1.95. The van der Waals surface area contributed by atoms with Gasteiger partial charge in [0.2, 0.25) is 0 Å². The Morgan fingerprint density at radius 2 is 1.67 bits per heavy atom. The Kier molecular flexibility index (Phi) is 6.59. The van der Waals surface area contributed by atoms with E-state index in [1.165, 1.54) is 34.6 Å². The molecule has 1 heterocycles. The van der Waals surface area contributed by atoms with Crippen molar-refractivity contribution in [1.29, 1.82) is 0 Å². The molecule has 0 unspecified atom stereocenters. The predicted octanol–water partition coefficient (Wildman–Crippen LogP) is 3.92. The normalized spacial score (nSPS) is 11.9. The standard InChI is InChI=1S/C22H27N3O3S2/c1-15-13-19-20(14-16(15)2)29-22(23-19)25(12-6-11-24(3)4)21(26)17-7-9-18(10-8-17)30(5,27)28/h7-10,13-14H,6,11-12H2,1-5H3. The van der Waals surface area contributed by atoms with Crippen LogP contribution in [-0.2, 0) is 9.84 Å². The number of nitrogens with zero attached hydrogens (tertiary/aromatic N) is 3. The van der Waals surface area contributed by atoms with Crippen molar-refractivity contribution in [2.75, 3.05) is 38.3 Å². The molecule has 0 saturated heterocycles. The topological polar surface area (TPSA) is 70.6 Å². The fraction of sp³-hybridized carbons (Fsp3) is 0.364. The van der Waals surface area contributed by atoms with Crippen LogP contribution in [0.4, 0.5) is 5.13 Å². The van der Waals surface area contributed by atoms with Gasteiger partial charge in [-0.1, -0.05) is 11.3 Å². The second-order valence-corrected chi connectivity index (χ2v) is 10.8. The lowest BCUT2D eigenvalue weighted by Gasteiger charge is -2.21. The lowest BCUT2D eigenvalue weighted by molar-refractivity contribution is 0.0986. The minimum atomic E-state index is -3.31. The highest BCUT2D eigenvalue weighted by Crippen LogP contribution is 2.31. The molecule has 0 atom stereocenters. The van der Waals surface area contributed by atoms with Gasteiger partial charge in [0.15, 0.2) is 15.0 Å². The highest BCUT2D eigenvalue weighted by Gasteiger charge is 2.22. The second-order valence-electron chi connectivity index (χ2n) is 7.81. The smallest absolute Gasteiger partial charge is 0.260 e. The summed E-state index contributed by atoms with van der Waals surface area (Å²) in [5.41, 5.74) is 3.69. The lowest BCUT2D eigenvalue weighted by Crippen LogP contribution is -2.33. The van der Waals surface area contributed by atoms with E-state index in [0.717, 1.165) is 29.4 Å². The highest BCUT2D eigenvalue weighted by atomic mass is 32.2. The third-order valence-corrected chi connectivity index (χ3v) is 7.15. The number of aromatic nitrogens is 1. The summed E-state index contributed by atoms with van der Waals surface area (Å²) in [7, 11) is 0.691. The number of anilines is 1. The van der Waals surface area contributed by atoms with Gasteiger partial charge >= 0.3 is 0 Å². The zero-order chi connectivity index (χ0) is 22.1. The average Bonchev–Trinajstić information content (AvgIpc) is 3.06. The molecule has 0 saturated carbocycles. The van der Waals surface area contributed by atoms with Crippen LogP contribution in [0.5, 0.6) is 0 Å². The maximum absolute atomic E-state index is 13.3. The fourth-order valence-electron chi connectivity index (χ4n) is 3.11. The maximum atomic E-state index is 13.3. The van der Waals surface area contributed by atoms with Crippen LogP contribution in [0, 0.1) is 13.8 Å².